The molecule has 0 bridgehead atoms. The highest BCUT2D eigenvalue weighted by Gasteiger charge is 2.45. The predicted molar refractivity (Wildman–Crippen MR) is 123 cm³/mol. The Balaban J connectivity index is 1.75. The summed E-state index contributed by atoms with van der Waals surface area (Å²) in [5.74, 6) is -1.47. The molecule has 5 nitrogen and oxygen atoms in total. The van der Waals surface area contributed by atoms with Gasteiger partial charge >= 0.3 is 5.97 Å². The topological polar surface area (TPSA) is 64.6 Å². The highest BCUT2D eigenvalue weighted by atomic mass is 19.1. The van der Waals surface area contributed by atoms with Gasteiger partial charge < -0.3 is 14.8 Å². The number of hydrogen-bond donors (Lipinski definition) is 1. The monoisotopic (exact) mass is 449 g/mol. The van der Waals surface area contributed by atoms with Crippen LogP contribution in [-0.2, 0) is 14.3 Å². The summed E-state index contributed by atoms with van der Waals surface area (Å²) in [7, 11) is 1.62. The molecule has 1 aliphatic carbocycles. The second-order valence-corrected chi connectivity index (χ2v) is 8.84. The van der Waals surface area contributed by atoms with E-state index in [9.17, 15) is 14.0 Å². The number of esters is 1. The first-order valence-electron chi connectivity index (χ1n) is 11.1. The van der Waals surface area contributed by atoms with Crippen molar-refractivity contribution in [2.45, 2.75) is 44.6 Å². The fourth-order valence-corrected chi connectivity index (χ4v) is 4.77. The van der Waals surface area contributed by atoms with E-state index in [-0.39, 0.29) is 23.6 Å². The highest BCUT2D eigenvalue weighted by molar-refractivity contribution is 6.01. The van der Waals surface area contributed by atoms with Gasteiger partial charge in [-0.3, -0.25) is 9.59 Å². The van der Waals surface area contributed by atoms with Crippen LogP contribution in [0.25, 0.3) is 0 Å². The minimum Gasteiger partial charge on any atom is -0.497 e. The van der Waals surface area contributed by atoms with Crippen molar-refractivity contribution in [1.29, 1.82) is 0 Å². The van der Waals surface area contributed by atoms with Crippen molar-refractivity contribution in [2.24, 2.45) is 5.92 Å². The standard InChI is InChI=1S/C27H28FNO4/c1-15(2)33-27(31)24-16(3)29-22-13-19(17-7-11-21(32-4)12-8-17)14-23(30)26(22)25(24)18-5-9-20(28)10-6-18/h5-12,15,19,24-25,29H,3,13-14H2,1-2,4H3. The Morgan fingerprint density at radius 1 is 1.06 bits per heavy atom. The van der Waals surface area contributed by atoms with E-state index in [4.69, 9.17) is 9.47 Å². The largest absolute Gasteiger partial charge is 0.497 e. The summed E-state index contributed by atoms with van der Waals surface area (Å²) in [6.07, 6.45) is 0.620. The number of hydrogen-bond acceptors (Lipinski definition) is 5. The SMILES string of the molecule is C=C1NC2=C(C(=O)CC(c3ccc(OC)cc3)C2)C(c2ccc(F)cc2)C1C(=O)OC(C)C. The van der Waals surface area contributed by atoms with Gasteiger partial charge in [-0.1, -0.05) is 30.8 Å². The normalized spacial score (nSPS) is 22.6. The van der Waals surface area contributed by atoms with Crippen molar-refractivity contribution >= 4 is 11.8 Å². The Morgan fingerprint density at radius 3 is 2.30 bits per heavy atom. The molecule has 3 atom stereocenters. The molecule has 0 fully saturated rings. The molecule has 6 heteroatoms. The third-order valence-electron chi connectivity index (χ3n) is 6.26. The molecule has 0 radical (unpaired) electrons. The quantitative estimate of drug-likeness (QED) is 0.651. The number of methoxy groups -OCH3 is 1. The number of ether oxygens (including phenoxy) is 2. The van der Waals surface area contributed by atoms with E-state index in [0.29, 0.717) is 29.7 Å². The number of rotatable bonds is 5. The van der Waals surface area contributed by atoms with Crippen molar-refractivity contribution in [3.8, 4) is 5.75 Å². The van der Waals surface area contributed by atoms with Crippen LogP contribution in [0.4, 0.5) is 4.39 Å². The number of carbonyl (C=O) groups excluding carboxylic acids is 2. The number of carbonyl (C=O) groups is 2. The number of halogens is 1. The van der Waals surface area contributed by atoms with Crippen LogP contribution in [0.3, 0.4) is 0 Å². The van der Waals surface area contributed by atoms with E-state index in [1.807, 2.05) is 24.3 Å². The van der Waals surface area contributed by atoms with E-state index in [1.54, 1.807) is 33.1 Å². The number of allylic oxidation sites excluding steroid dienone is 2. The lowest BCUT2D eigenvalue weighted by atomic mass is 9.69. The van der Waals surface area contributed by atoms with Gasteiger partial charge in [-0.05, 0) is 61.6 Å². The zero-order valence-corrected chi connectivity index (χ0v) is 19.1. The molecule has 2 aromatic rings. The number of benzene rings is 2. The van der Waals surface area contributed by atoms with E-state index < -0.39 is 17.8 Å². The number of ketones is 1. The Hall–Kier alpha value is -3.41. The maximum Gasteiger partial charge on any atom is 0.316 e. The summed E-state index contributed by atoms with van der Waals surface area (Å²) in [6, 6.07) is 13.7. The van der Waals surface area contributed by atoms with Crippen LogP contribution >= 0.6 is 0 Å². The molecule has 4 rings (SSSR count). The van der Waals surface area contributed by atoms with Crippen LogP contribution in [0.5, 0.6) is 5.75 Å². The lowest BCUT2D eigenvalue weighted by Crippen LogP contribution is -2.42. The lowest BCUT2D eigenvalue weighted by Gasteiger charge is -2.40. The van der Waals surface area contributed by atoms with Gasteiger partial charge in [-0.15, -0.1) is 0 Å². The van der Waals surface area contributed by atoms with Crippen molar-refractivity contribution in [1.82, 2.24) is 5.32 Å². The predicted octanol–water partition coefficient (Wildman–Crippen LogP) is 5.00. The van der Waals surface area contributed by atoms with Crippen LogP contribution in [-0.4, -0.2) is 25.0 Å². The smallest absolute Gasteiger partial charge is 0.316 e. The Kier molecular flexibility index (Phi) is 6.36. The molecule has 1 aliphatic heterocycles. The molecule has 172 valence electrons. The summed E-state index contributed by atoms with van der Waals surface area (Å²) in [6.45, 7) is 7.66. The fourth-order valence-electron chi connectivity index (χ4n) is 4.77. The third kappa shape index (κ3) is 4.56. The van der Waals surface area contributed by atoms with Crippen molar-refractivity contribution in [2.75, 3.05) is 7.11 Å². The van der Waals surface area contributed by atoms with Crippen molar-refractivity contribution in [3.63, 3.8) is 0 Å². The second kappa shape index (κ2) is 9.22. The van der Waals surface area contributed by atoms with E-state index in [1.165, 1.54) is 12.1 Å². The first-order chi connectivity index (χ1) is 15.8. The van der Waals surface area contributed by atoms with Crippen LogP contribution in [0.15, 0.2) is 72.1 Å². The molecule has 0 aromatic heterocycles. The van der Waals surface area contributed by atoms with Crippen LogP contribution < -0.4 is 10.1 Å². The van der Waals surface area contributed by atoms with Gasteiger partial charge in [0, 0.05) is 29.3 Å². The minimum absolute atomic E-state index is 0.00418. The average molecular weight is 450 g/mol. The molecule has 0 spiro atoms. The first kappa shape index (κ1) is 22.8. The molecule has 3 unspecified atom stereocenters. The molecular weight excluding hydrogens is 421 g/mol. The fraction of sp³-hybridized carbons (Fsp3) is 0.333. The summed E-state index contributed by atoms with van der Waals surface area (Å²) in [5, 5.41) is 3.25. The van der Waals surface area contributed by atoms with E-state index in [2.05, 4.69) is 11.9 Å². The Morgan fingerprint density at radius 2 is 1.70 bits per heavy atom. The van der Waals surface area contributed by atoms with Crippen LogP contribution in [0.1, 0.15) is 49.7 Å². The zero-order chi connectivity index (χ0) is 23.7. The lowest BCUT2D eigenvalue weighted by molar-refractivity contribution is -0.151. The molecular formula is C27H28FNO4. The van der Waals surface area contributed by atoms with E-state index >= 15 is 0 Å². The Bertz CT molecular complexity index is 1100. The molecule has 0 amide bonds. The third-order valence-corrected chi connectivity index (χ3v) is 6.26. The number of Topliss-reactive ketones (excluding diaryl/α,β-unsaturated/α-hetero) is 1. The van der Waals surface area contributed by atoms with Gasteiger partial charge in [0.2, 0.25) is 0 Å². The molecule has 33 heavy (non-hydrogen) atoms. The van der Waals surface area contributed by atoms with Gasteiger partial charge in [0.1, 0.15) is 17.5 Å². The molecule has 0 saturated carbocycles. The summed E-state index contributed by atoms with van der Waals surface area (Å²) in [5.41, 5.74) is 3.54. The summed E-state index contributed by atoms with van der Waals surface area (Å²) >= 11 is 0. The van der Waals surface area contributed by atoms with Gasteiger partial charge in [0.05, 0.1) is 13.2 Å². The molecule has 2 aromatic carbocycles. The number of nitrogens with one attached hydrogen (secondary N) is 1. The van der Waals surface area contributed by atoms with Gasteiger partial charge in [0.25, 0.3) is 0 Å². The van der Waals surface area contributed by atoms with Gasteiger partial charge in [-0.2, -0.15) is 0 Å². The van der Waals surface area contributed by atoms with Crippen LogP contribution in [0.2, 0.25) is 0 Å². The molecule has 2 aliphatic rings. The maximum atomic E-state index is 13.7. The summed E-state index contributed by atoms with van der Waals surface area (Å²) < 4.78 is 24.4. The average Bonchev–Trinajstić information content (AvgIpc) is 2.78. The minimum atomic E-state index is -0.780. The first-order valence-corrected chi connectivity index (χ1v) is 11.1. The molecule has 1 heterocycles. The summed E-state index contributed by atoms with van der Waals surface area (Å²) in [4.78, 5) is 26.6. The van der Waals surface area contributed by atoms with Crippen LogP contribution in [0, 0.1) is 11.7 Å². The second-order valence-electron chi connectivity index (χ2n) is 8.84. The highest BCUT2D eigenvalue weighted by Crippen LogP contribution is 2.47. The maximum absolute atomic E-state index is 13.7. The van der Waals surface area contributed by atoms with Crippen molar-refractivity contribution < 1.29 is 23.5 Å². The van der Waals surface area contributed by atoms with Gasteiger partial charge in [-0.25, -0.2) is 4.39 Å². The molecule has 0 saturated heterocycles. The van der Waals surface area contributed by atoms with E-state index in [0.717, 1.165) is 17.0 Å². The molecule has 1 N–H and O–H groups in total. The van der Waals surface area contributed by atoms with Crippen molar-refractivity contribution in [3.05, 3.63) is 89.0 Å². The Labute approximate surface area is 193 Å². The zero-order valence-electron chi connectivity index (χ0n) is 19.1. The van der Waals surface area contributed by atoms with Gasteiger partial charge in [0.15, 0.2) is 5.78 Å².